The van der Waals surface area contributed by atoms with E-state index in [4.69, 9.17) is 0 Å². The van der Waals surface area contributed by atoms with Crippen molar-refractivity contribution in [3.8, 4) is 0 Å². The standard InChI is InChI=1S/C10H8BrIS/c1-2-6-3-4-7-5-8(11)13-10(7)9(6)12/h3-5H,2H2,1H3. The van der Waals surface area contributed by atoms with Crippen LogP contribution in [0.1, 0.15) is 12.5 Å². The third-order valence-corrected chi connectivity index (χ3v) is 5.33. The van der Waals surface area contributed by atoms with Gasteiger partial charge in [-0.1, -0.05) is 19.1 Å². The van der Waals surface area contributed by atoms with Crippen LogP contribution in [0.4, 0.5) is 0 Å². The van der Waals surface area contributed by atoms with Crippen LogP contribution in [-0.4, -0.2) is 0 Å². The van der Waals surface area contributed by atoms with Gasteiger partial charge in [-0.2, -0.15) is 0 Å². The number of benzene rings is 1. The first-order valence-electron chi connectivity index (χ1n) is 4.08. The number of hydrogen-bond acceptors (Lipinski definition) is 1. The van der Waals surface area contributed by atoms with Crippen molar-refractivity contribution in [3.05, 3.63) is 31.1 Å². The van der Waals surface area contributed by atoms with Gasteiger partial charge in [-0.05, 0) is 62.0 Å². The number of hydrogen-bond donors (Lipinski definition) is 0. The SMILES string of the molecule is CCc1ccc2cc(Br)sc2c1I. The van der Waals surface area contributed by atoms with E-state index in [2.05, 4.69) is 63.6 Å². The molecule has 1 aromatic heterocycles. The van der Waals surface area contributed by atoms with Crippen molar-refractivity contribution in [2.75, 3.05) is 0 Å². The highest BCUT2D eigenvalue weighted by Gasteiger charge is 2.06. The van der Waals surface area contributed by atoms with Gasteiger partial charge in [0.2, 0.25) is 0 Å². The summed E-state index contributed by atoms with van der Waals surface area (Å²) in [4.78, 5) is 0. The number of thiophene rings is 1. The van der Waals surface area contributed by atoms with Gasteiger partial charge in [0.05, 0.1) is 3.79 Å². The molecule has 2 rings (SSSR count). The first-order valence-corrected chi connectivity index (χ1v) is 6.77. The Labute approximate surface area is 104 Å². The molecule has 2 aromatic rings. The third-order valence-electron chi connectivity index (χ3n) is 2.06. The van der Waals surface area contributed by atoms with Gasteiger partial charge in [-0.15, -0.1) is 11.3 Å². The van der Waals surface area contributed by atoms with Crippen LogP contribution >= 0.6 is 49.9 Å². The van der Waals surface area contributed by atoms with Gasteiger partial charge >= 0.3 is 0 Å². The predicted octanol–water partition coefficient (Wildman–Crippen LogP) is 4.83. The molecule has 0 bridgehead atoms. The number of rotatable bonds is 1. The summed E-state index contributed by atoms with van der Waals surface area (Å²) in [5, 5.41) is 1.35. The van der Waals surface area contributed by atoms with E-state index in [9.17, 15) is 0 Å². The summed E-state index contributed by atoms with van der Waals surface area (Å²) in [6.07, 6.45) is 1.11. The Morgan fingerprint density at radius 1 is 1.46 bits per heavy atom. The number of fused-ring (bicyclic) bond motifs is 1. The van der Waals surface area contributed by atoms with Gasteiger partial charge in [-0.3, -0.25) is 0 Å². The van der Waals surface area contributed by atoms with E-state index >= 15 is 0 Å². The number of aryl methyl sites for hydroxylation is 1. The molecule has 0 saturated heterocycles. The van der Waals surface area contributed by atoms with E-state index < -0.39 is 0 Å². The van der Waals surface area contributed by atoms with Crippen molar-refractivity contribution in [2.45, 2.75) is 13.3 Å². The summed E-state index contributed by atoms with van der Waals surface area (Å²) < 4.78 is 4.04. The Morgan fingerprint density at radius 2 is 2.23 bits per heavy atom. The highest BCUT2D eigenvalue weighted by atomic mass is 127. The lowest BCUT2D eigenvalue weighted by atomic mass is 10.1. The summed E-state index contributed by atoms with van der Waals surface area (Å²) in [6, 6.07) is 6.61. The molecule has 0 spiro atoms. The minimum absolute atomic E-state index is 1.11. The molecule has 3 heteroatoms. The second-order valence-corrected chi connectivity index (χ2v) is 6.37. The predicted molar refractivity (Wildman–Crippen MR) is 71.6 cm³/mol. The van der Waals surface area contributed by atoms with Crippen LogP contribution in [0.5, 0.6) is 0 Å². The quantitative estimate of drug-likeness (QED) is 0.634. The van der Waals surface area contributed by atoms with Crippen LogP contribution in [0.2, 0.25) is 0 Å². The Morgan fingerprint density at radius 3 is 2.92 bits per heavy atom. The highest BCUT2D eigenvalue weighted by Crippen LogP contribution is 2.34. The maximum Gasteiger partial charge on any atom is 0.0711 e. The molecular formula is C10H8BrIS. The maximum absolute atomic E-state index is 3.52. The molecular weight excluding hydrogens is 359 g/mol. The van der Waals surface area contributed by atoms with E-state index in [0.717, 1.165) is 6.42 Å². The molecule has 13 heavy (non-hydrogen) atoms. The van der Waals surface area contributed by atoms with Crippen LogP contribution in [0.3, 0.4) is 0 Å². The normalized spacial score (nSPS) is 11.0. The molecule has 0 aliphatic carbocycles. The van der Waals surface area contributed by atoms with Gasteiger partial charge in [0, 0.05) is 8.27 Å². The molecule has 0 atom stereocenters. The van der Waals surface area contributed by atoms with Crippen molar-refractivity contribution in [1.82, 2.24) is 0 Å². The smallest absolute Gasteiger partial charge is 0.0711 e. The van der Waals surface area contributed by atoms with Gasteiger partial charge < -0.3 is 0 Å². The lowest BCUT2D eigenvalue weighted by Crippen LogP contribution is -1.84. The molecule has 0 saturated carbocycles. The van der Waals surface area contributed by atoms with Crippen LogP contribution in [0, 0.1) is 3.57 Å². The van der Waals surface area contributed by atoms with Crippen molar-refractivity contribution in [2.24, 2.45) is 0 Å². The van der Waals surface area contributed by atoms with Gasteiger partial charge in [0.25, 0.3) is 0 Å². The van der Waals surface area contributed by atoms with E-state index in [0.29, 0.717) is 0 Å². The maximum atomic E-state index is 3.52. The fourth-order valence-electron chi connectivity index (χ4n) is 1.35. The minimum atomic E-state index is 1.11. The van der Waals surface area contributed by atoms with Crippen LogP contribution in [-0.2, 0) is 6.42 Å². The van der Waals surface area contributed by atoms with Crippen LogP contribution in [0.15, 0.2) is 22.0 Å². The molecule has 1 aromatic carbocycles. The lowest BCUT2D eigenvalue weighted by Gasteiger charge is -2.01. The zero-order valence-electron chi connectivity index (χ0n) is 7.10. The highest BCUT2D eigenvalue weighted by molar-refractivity contribution is 14.1. The first kappa shape index (κ1) is 9.93. The van der Waals surface area contributed by atoms with E-state index in [-0.39, 0.29) is 0 Å². The second kappa shape index (κ2) is 3.87. The molecule has 0 amide bonds. The van der Waals surface area contributed by atoms with Crippen LogP contribution in [0.25, 0.3) is 10.1 Å². The lowest BCUT2D eigenvalue weighted by molar-refractivity contribution is 1.14. The topological polar surface area (TPSA) is 0 Å². The first-order chi connectivity index (χ1) is 6.22. The molecule has 0 N–H and O–H groups in total. The van der Waals surface area contributed by atoms with Gasteiger partial charge in [0.1, 0.15) is 0 Å². The zero-order valence-corrected chi connectivity index (χ0v) is 11.7. The molecule has 1 heterocycles. The Kier molecular flexibility index (Phi) is 2.95. The molecule has 0 unspecified atom stereocenters. The third kappa shape index (κ3) is 1.78. The second-order valence-electron chi connectivity index (χ2n) is 2.86. The summed E-state index contributed by atoms with van der Waals surface area (Å²) >= 11 is 7.78. The zero-order chi connectivity index (χ0) is 9.42. The van der Waals surface area contributed by atoms with E-state index in [1.54, 1.807) is 0 Å². The number of halogens is 2. The Bertz CT molecular complexity index is 447. The molecule has 0 aliphatic heterocycles. The van der Waals surface area contributed by atoms with Crippen molar-refractivity contribution in [1.29, 1.82) is 0 Å². The van der Waals surface area contributed by atoms with Gasteiger partial charge in [-0.25, -0.2) is 0 Å². The average Bonchev–Trinajstić information content (AvgIpc) is 2.47. The fraction of sp³-hybridized carbons (Fsp3) is 0.200. The largest absolute Gasteiger partial charge is 0.127 e. The van der Waals surface area contributed by atoms with Crippen molar-refractivity contribution >= 4 is 59.9 Å². The van der Waals surface area contributed by atoms with Crippen molar-refractivity contribution in [3.63, 3.8) is 0 Å². The minimum Gasteiger partial charge on any atom is -0.127 e. The van der Waals surface area contributed by atoms with E-state index in [1.165, 1.54) is 23.0 Å². The van der Waals surface area contributed by atoms with Crippen molar-refractivity contribution < 1.29 is 0 Å². The molecule has 0 fully saturated rings. The Balaban J connectivity index is 2.78. The summed E-state index contributed by atoms with van der Waals surface area (Å²) in [7, 11) is 0. The summed E-state index contributed by atoms with van der Waals surface area (Å²) in [5.41, 5.74) is 1.45. The summed E-state index contributed by atoms with van der Waals surface area (Å²) in [6.45, 7) is 2.20. The monoisotopic (exact) mass is 366 g/mol. The van der Waals surface area contributed by atoms with Gasteiger partial charge in [0.15, 0.2) is 0 Å². The molecule has 0 aliphatic rings. The molecule has 0 radical (unpaired) electrons. The molecule has 0 nitrogen and oxygen atoms in total. The molecule has 68 valence electrons. The van der Waals surface area contributed by atoms with Crippen LogP contribution < -0.4 is 0 Å². The average molecular weight is 367 g/mol. The fourth-order valence-corrected chi connectivity index (χ4v) is 4.13. The summed E-state index contributed by atoms with van der Waals surface area (Å²) in [5.74, 6) is 0. The van der Waals surface area contributed by atoms with E-state index in [1.807, 2.05) is 11.3 Å². The Hall–Kier alpha value is 0.390.